The summed E-state index contributed by atoms with van der Waals surface area (Å²) in [5, 5.41) is 17.9. The number of hydrogen-bond donors (Lipinski definition) is 0. The molecular weight excluding hydrogens is 293 g/mol. The number of rotatable bonds is 4. The lowest BCUT2D eigenvalue weighted by molar-refractivity contribution is -0.385. The highest BCUT2D eigenvalue weighted by atomic mass is 19.1. The fraction of sp³-hybridized carbons (Fsp3) is 0. The second-order valence-electron chi connectivity index (χ2n) is 4.25. The number of hydrogen-bond acceptors (Lipinski definition) is 6. The lowest BCUT2D eigenvalue weighted by Crippen LogP contribution is -1.92. The van der Waals surface area contributed by atoms with E-state index < -0.39 is 10.7 Å². The van der Waals surface area contributed by atoms with E-state index in [1.54, 1.807) is 24.3 Å². The van der Waals surface area contributed by atoms with E-state index in [9.17, 15) is 14.5 Å². The van der Waals surface area contributed by atoms with Crippen molar-refractivity contribution in [2.75, 3.05) is 0 Å². The van der Waals surface area contributed by atoms with Gasteiger partial charge in [-0.25, -0.2) is 4.39 Å². The van der Waals surface area contributed by atoms with Crippen molar-refractivity contribution in [2.45, 2.75) is 0 Å². The Morgan fingerprint density at radius 3 is 2.77 bits per heavy atom. The van der Waals surface area contributed by atoms with Gasteiger partial charge in [-0.1, -0.05) is 6.07 Å². The molecule has 7 nitrogen and oxygen atoms in total. The van der Waals surface area contributed by atoms with Crippen molar-refractivity contribution < 1.29 is 18.5 Å². The third-order valence-corrected chi connectivity index (χ3v) is 2.80. The molecule has 0 N–H and O–H groups in total. The van der Waals surface area contributed by atoms with Gasteiger partial charge in [-0.05, 0) is 24.3 Å². The van der Waals surface area contributed by atoms with Crippen molar-refractivity contribution in [2.24, 2.45) is 0 Å². The maximum absolute atomic E-state index is 13.8. The maximum atomic E-state index is 13.8. The molecule has 22 heavy (non-hydrogen) atoms. The van der Waals surface area contributed by atoms with Gasteiger partial charge < -0.3 is 9.15 Å². The number of ether oxygens (including phenoxy) is 1. The summed E-state index contributed by atoms with van der Waals surface area (Å²) < 4.78 is 24.3. The van der Waals surface area contributed by atoms with Gasteiger partial charge in [0.05, 0.1) is 11.0 Å². The molecule has 1 aromatic heterocycles. The van der Waals surface area contributed by atoms with Crippen LogP contribution in [0.1, 0.15) is 0 Å². The Balaban J connectivity index is 1.87. The molecule has 8 heteroatoms. The fourth-order valence-corrected chi connectivity index (χ4v) is 1.80. The van der Waals surface area contributed by atoms with E-state index in [1.807, 2.05) is 0 Å². The van der Waals surface area contributed by atoms with Crippen LogP contribution in [0, 0.1) is 15.9 Å². The summed E-state index contributed by atoms with van der Waals surface area (Å²) in [7, 11) is 0. The predicted octanol–water partition coefficient (Wildman–Crippen LogP) is 3.58. The molecule has 3 aromatic rings. The highest BCUT2D eigenvalue weighted by Gasteiger charge is 2.13. The lowest BCUT2D eigenvalue weighted by atomic mass is 10.2. The van der Waals surface area contributed by atoms with Crippen LogP contribution in [-0.2, 0) is 0 Å². The van der Waals surface area contributed by atoms with E-state index >= 15 is 0 Å². The monoisotopic (exact) mass is 301 g/mol. The summed E-state index contributed by atoms with van der Waals surface area (Å²) in [5.41, 5.74) is 0.266. The van der Waals surface area contributed by atoms with Crippen LogP contribution in [0.2, 0.25) is 0 Å². The Morgan fingerprint density at radius 1 is 1.23 bits per heavy atom. The summed E-state index contributed by atoms with van der Waals surface area (Å²) in [6.45, 7) is 0. The minimum absolute atomic E-state index is 0.117. The second-order valence-corrected chi connectivity index (χ2v) is 4.25. The minimum atomic E-state index is -0.822. The zero-order chi connectivity index (χ0) is 15.5. The quantitative estimate of drug-likeness (QED) is 0.540. The van der Waals surface area contributed by atoms with Gasteiger partial charge in [0.2, 0.25) is 12.3 Å². The molecule has 0 saturated heterocycles. The average molecular weight is 301 g/mol. The number of nitro groups is 1. The number of nitro benzene ring substituents is 1. The molecule has 0 aliphatic heterocycles. The number of halogens is 1. The van der Waals surface area contributed by atoms with Crippen LogP contribution in [0.25, 0.3) is 11.5 Å². The molecule has 0 fully saturated rings. The van der Waals surface area contributed by atoms with Gasteiger partial charge in [0.15, 0.2) is 11.6 Å². The third kappa shape index (κ3) is 2.75. The molecule has 0 aliphatic carbocycles. The van der Waals surface area contributed by atoms with E-state index in [-0.39, 0.29) is 11.4 Å². The smallest absolute Gasteiger partial charge is 0.272 e. The fourth-order valence-electron chi connectivity index (χ4n) is 1.80. The van der Waals surface area contributed by atoms with Crippen LogP contribution < -0.4 is 4.74 Å². The predicted molar refractivity (Wildman–Crippen MR) is 72.9 cm³/mol. The van der Waals surface area contributed by atoms with E-state index in [1.165, 1.54) is 18.5 Å². The molecule has 0 radical (unpaired) electrons. The maximum Gasteiger partial charge on any atom is 0.272 e. The largest absolute Gasteiger partial charge is 0.454 e. The molecule has 0 aliphatic rings. The molecule has 0 amide bonds. The molecule has 110 valence electrons. The highest BCUT2D eigenvalue weighted by molar-refractivity contribution is 5.55. The van der Waals surface area contributed by atoms with Gasteiger partial charge in [0, 0.05) is 11.6 Å². The van der Waals surface area contributed by atoms with E-state index in [4.69, 9.17) is 9.15 Å². The van der Waals surface area contributed by atoms with Crippen LogP contribution in [0.4, 0.5) is 10.1 Å². The zero-order valence-corrected chi connectivity index (χ0v) is 11.0. The lowest BCUT2D eigenvalue weighted by Gasteiger charge is -2.07. The van der Waals surface area contributed by atoms with Gasteiger partial charge in [-0.3, -0.25) is 10.1 Å². The zero-order valence-electron chi connectivity index (χ0n) is 11.0. The van der Waals surface area contributed by atoms with Gasteiger partial charge in [-0.2, -0.15) is 0 Å². The molecule has 3 rings (SSSR count). The second kappa shape index (κ2) is 5.60. The summed E-state index contributed by atoms with van der Waals surface area (Å²) in [6, 6.07) is 9.78. The summed E-state index contributed by atoms with van der Waals surface area (Å²) in [6.07, 6.45) is 1.19. The molecule has 1 heterocycles. The third-order valence-electron chi connectivity index (χ3n) is 2.80. The summed E-state index contributed by atoms with van der Waals surface area (Å²) in [4.78, 5) is 9.90. The Morgan fingerprint density at radius 2 is 2.09 bits per heavy atom. The normalized spacial score (nSPS) is 10.4. The molecule has 0 unspecified atom stereocenters. The van der Waals surface area contributed by atoms with Gasteiger partial charge in [0.25, 0.3) is 5.69 Å². The Bertz CT molecular complexity index is 821. The molecular formula is C14H8FN3O4. The van der Waals surface area contributed by atoms with Crippen molar-refractivity contribution in [3.8, 4) is 23.0 Å². The van der Waals surface area contributed by atoms with Crippen molar-refractivity contribution in [3.63, 3.8) is 0 Å². The summed E-state index contributed by atoms with van der Waals surface area (Å²) in [5.74, 6) is -0.302. The molecule has 0 saturated carbocycles. The first-order valence-electron chi connectivity index (χ1n) is 6.12. The molecule has 0 bridgehead atoms. The van der Waals surface area contributed by atoms with Crippen LogP contribution >= 0.6 is 0 Å². The summed E-state index contributed by atoms with van der Waals surface area (Å²) >= 11 is 0. The van der Waals surface area contributed by atoms with E-state index in [0.29, 0.717) is 17.2 Å². The first-order chi connectivity index (χ1) is 10.6. The first kappa shape index (κ1) is 13.7. The van der Waals surface area contributed by atoms with Crippen LogP contribution in [-0.4, -0.2) is 15.1 Å². The van der Waals surface area contributed by atoms with Crippen LogP contribution in [0.15, 0.2) is 53.3 Å². The Kier molecular flexibility index (Phi) is 3.48. The standard InChI is InChI=1S/C14H8FN3O4/c15-12-7-10(18(19)20)4-5-13(12)22-11-3-1-2-9(6-11)14-17-16-8-21-14/h1-8H. The van der Waals surface area contributed by atoms with E-state index in [2.05, 4.69) is 10.2 Å². The van der Waals surface area contributed by atoms with Crippen molar-refractivity contribution in [1.82, 2.24) is 10.2 Å². The average Bonchev–Trinajstić information content (AvgIpc) is 3.04. The topological polar surface area (TPSA) is 91.3 Å². The SMILES string of the molecule is O=[N+]([O-])c1ccc(Oc2cccc(-c3nnco3)c2)c(F)c1. The first-order valence-corrected chi connectivity index (χ1v) is 6.12. The highest BCUT2D eigenvalue weighted by Crippen LogP contribution is 2.29. The molecule has 0 atom stereocenters. The van der Waals surface area contributed by atoms with Crippen LogP contribution in [0.3, 0.4) is 0 Å². The van der Waals surface area contributed by atoms with E-state index in [0.717, 1.165) is 6.07 Å². The van der Waals surface area contributed by atoms with Crippen molar-refractivity contribution in [3.05, 3.63) is 64.8 Å². The number of non-ortho nitro benzene ring substituents is 1. The van der Waals surface area contributed by atoms with Gasteiger partial charge in [-0.15, -0.1) is 10.2 Å². The van der Waals surface area contributed by atoms with Crippen molar-refractivity contribution >= 4 is 5.69 Å². The van der Waals surface area contributed by atoms with Gasteiger partial charge >= 0.3 is 0 Å². The number of aromatic nitrogens is 2. The Labute approximate surface area is 123 Å². The molecule has 2 aromatic carbocycles. The van der Waals surface area contributed by atoms with Gasteiger partial charge in [0.1, 0.15) is 5.75 Å². The number of benzene rings is 2. The van der Waals surface area contributed by atoms with Crippen molar-refractivity contribution in [1.29, 1.82) is 0 Å². The molecule has 0 spiro atoms. The minimum Gasteiger partial charge on any atom is -0.454 e. The van der Waals surface area contributed by atoms with Crippen LogP contribution in [0.5, 0.6) is 11.5 Å². The number of nitrogens with zero attached hydrogens (tertiary/aromatic N) is 3. The Hall–Kier alpha value is -3.29.